The van der Waals surface area contributed by atoms with Crippen molar-refractivity contribution in [3.05, 3.63) is 78.1 Å². The molecule has 0 saturated carbocycles. The third-order valence-electron chi connectivity index (χ3n) is 3.06. The highest BCUT2D eigenvalue weighted by molar-refractivity contribution is 6.04. The van der Waals surface area contributed by atoms with Gasteiger partial charge in [0, 0.05) is 24.0 Å². The molecule has 3 rings (SSSR count). The molecule has 0 atom stereocenters. The van der Waals surface area contributed by atoms with Gasteiger partial charge in [-0.1, -0.05) is 6.07 Å². The van der Waals surface area contributed by atoms with E-state index in [0.29, 0.717) is 11.3 Å². The summed E-state index contributed by atoms with van der Waals surface area (Å²) in [5, 5.41) is 6.49. The summed E-state index contributed by atoms with van der Waals surface area (Å²) in [7, 11) is 0. The van der Waals surface area contributed by atoms with Gasteiger partial charge < -0.3 is 5.32 Å². The number of aromatic nitrogens is 2. The monoisotopic (exact) mass is 299 g/mol. The fourth-order valence-corrected chi connectivity index (χ4v) is 2.00. The predicted molar refractivity (Wildman–Crippen MR) is 77.9 cm³/mol. The van der Waals surface area contributed by atoms with Crippen molar-refractivity contribution in [3.63, 3.8) is 0 Å². The Morgan fingerprint density at radius 3 is 2.68 bits per heavy atom. The molecule has 3 aromatic rings. The molecule has 0 bridgehead atoms. The van der Waals surface area contributed by atoms with Gasteiger partial charge in [-0.2, -0.15) is 5.10 Å². The first-order valence-corrected chi connectivity index (χ1v) is 6.50. The van der Waals surface area contributed by atoms with Crippen LogP contribution in [0.5, 0.6) is 0 Å². The number of rotatable bonds is 3. The minimum atomic E-state index is -0.823. The largest absolute Gasteiger partial charge is 0.319 e. The highest BCUT2D eigenvalue weighted by Crippen LogP contribution is 2.17. The number of halogens is 2. The number of nitrogens with zero attached hydrogens (tertiary/aromatic N) is 2. The van der Waals surface area contributed by atoms with Gasteiger partial charge in [-0.3, -0.25) is 4.79 Å². The fourth-order valence-electron chi connectivity index (χ4n) is 2.00. The number of hydrogen-bond acceptors (Lipinski definition) is 2. The SMILES string of the molecule is O=C(Nc1ccc(F)cc1F)c1cccc(-n2cccn2)c1. The first-order chi connectivity index (χ1) is 10.6. The Labute approximate surface area is 125 Å². The van der Waals surface area contributed by atoms with Gasteiger partial charge in [-0.15, -0.1) is 0 Å². The van der Waals surface area contributed by atoms with Crippen LogP contribution in [-0.2, 0) is 0 Å². The van der Waals surface area contributed by atoms with Crippen LogP contribution < -0.4 is 5.32 Å². The summed E-state index contributed by atoms with van der Waals surface area (Å²) >= 11 is 0. The number of amides is 1. The highest BCUT2D eigenvalue weighted by Gasteiger charge is 2.11. The lowest BCUT2D eigenvalue weighted by atomic mass is 10.2. The Balaban J connectivity index is 1.85. The molecule has 0 saturated heterocycles. The van der Waals surface area contributed by atoms with Crippen molar-refractivity contribution >= 4 is 11.6 Å². The van der Waals surface area contributed by atoms with Gasteiger partial charge in [0.25, 0.3) is 5.91 Å². The van der Waals surface area contributed by atoms with Crippen LogP contribution in [0.1, 0.15) is 10.4 Å². The molecule has 1 N–H and O–H groups in total. The molecule has 0 aliphatic carbocycles. The van der Waals surface area contributed by atoms with Gasteiger partial charge in [0.1, 0.15) is 11.6 Å². The van der Waals surface area contributed by atoms with Crippen LogP contribution in [0.3, 0.4) is 0 Å². The molecule has 4 nitrogen and oxygen atoms in total. The maximum atomic E-state index is 13.6. The van der Waals surface area contributed by atoms with Crippen molar-refractivity contribution in [2.45, 2.75) is 0 Å². The second-order valence-corrected chi connectivity index (χ2v) is 4.58. The minimum Gasteiger partial charge on any atom is -0.319 e. The summed E-state index contributed by atoms with van der Waals surface area (Å²) in [6, 6.07) is 11.5. The highest BCUT2D eigenvalue weighted by atomic mass is 19.1. The number of anilines is 1. The maximum Gasteiger partial charge on any atom is 0.255 e. The Morgan fingerprint density at radius 2 is 1.95 bits per heavy atom. The summed E-state index contributed by atoms with van der Waals surface area (Å²) in [5.74, 6) is -2.01. The van der Waals surface area contributed by atoms with Gasteiger partial charge in [0.2, 0.25) is 0 Å². The van der Waals surface area contributed by atoms with E-state index in [9.17, 15) is 13.6 Å². The van der Waals surface area contributed by atoms with E-state index in [-0.39, 0.29) is 5.69 Å². The summed E-state index contributed by atoms with van der Waals surface area (Å²) in [6.07, 6.45) is 3.37. The summed E-state index contributed by atoms with van der Waals surface area (Å²) in [4.78, 5) is 12.2. The molecular formula is C16H11F2N3O. The molecule has 0 radical (unpaired) electrons. The molecule has 0 aliphatic heterocycles. The predicted octanol–water partition coefficient (Wildman–Crippen LogP) is 3.40. The van der Waals surface area contributed by atoms with Gasteiger partial charge in [-0.25, -0.2) is 13.5 Å². The zero-order valence-corrected chi connectivity index (χ0v) is 11.3. The minimum absolute atomic E-state index is 0.0732. The van der Waals surface area contributed by atoms with Gasteiger partial charge >= 0.3 is 0 Å². The first-order valence-electron chi connectivity index (χ1n) is 6.50. The normalized spacial score (nSPS) is 10.5. The molecule has 2 aromatic carbocycles. The van der Waals surface area contributed by atoms with E-state index < -0.39 is 17.5 Å². The zero-order valence-electron chi connectivity index (χ0n) is 11.3. The second-order valence-electron chi connectivity index (χ2n) is 4.58. The third kappa shape index (κ3) is 2.85. The van der Waals surface area contributed by atoms with Crippen molar-refractivity contribution in [1.82, 2.24) is 9.78 Å². The molecule has 6 heteroatoms. The fraction of sp³-hybridized carbons (Fsp3) is 0. The van der Waals surface area contributed by atoms with Crippen LogP contribution in [0.25, 0.3) is 5.69 Å². The van der Waals surface area contributed by atoms with E-state index in [1.807, 2.05) is 0 Å². The number of benzene rings is 2. The molecule has 0 unspecified atom stereocenters. The molecule has 1 aromatic heterocycles. The molecule has 1 amide bonds. The Kier molecular flexibility index (Phi) is 3.65. The Morgan fingerprint density at radius 1 is 1.09 bits per heavy atom. The molecule has 0 spiro atoms. The van der Waals surface area contributed by atoms with E-state index in [4.69, 9.17) is 0 Å². The molecule has 110 valence electrons. The van der Waals surface area contributed by atoms with Crippen LogP contribution in [0.4, 0.5) is 14.5 Å². The summed E-state index contributed by atoms with van der Waals surface area (Å²) in [5.41, 5.74) is 0.977. The number of nitrogens with one attached hydrogen (secondary N) is 1. The van der Waals surface area contributed by atoms with Gasteiger partial charge in [0.15, 0.2) is 0 Å². The summed E-state index contributed by atoms with van der Waals surface area (Å²) in [6.45, 7) is 0. The van der Waals surface area contributed by atoms with Crippen LogP contribution in [0.15, 0.2) is 60.9 Å². The van der Waals surface area contributed by atoms with Crippen molar-refractivity contribution < 1.29 is 13.6 Å². The van der Waals surface area contributed by atoms with E-state index in [0.717, 1.165) is 12.1 Å². The standard InChI is InChI=1S/C16H11F2N3O/c17-12-5-6-15(14(18)10-12)20-16(22)11-3-1-4-13(9-11)21-8-2-7-19-21/h1-10H,(H,20,22). The molecule has 1 heterocycles. The van der Waals surface area contributed by atoms with E-state index >= 15 is 0 Å². The number of carbonyl (C=O) groups excluding carboxylic acids is 1. The molecule has 0 aliphatic rings. The zero-order chi connectivity index (χ0) is 15.5. The smallest absolute Gasteiger partial charge is 0.255 e. The average Bonchev–Trinajstić information content (AvgIpc) is 3.04. The lowest BCUT2D eigenvalue weighted by Gasteiger charge is -2.08. The number of carbonyl (C=O) groups is 1. The van der Waals surface area contributed by atoms with E-state index in [1.54, 1.807) is 47.4 Å². The number of hydrogen-bond donors (Lipinski definition) is 1. The Hall–Kier alpha value is -3.02. The molecule has 22 heavy (non-hydrogen) atoms. The van der Waals surface area contributed by atoms with Crippen molar-refractivity contribution in [1.29, 1.82) is 0 Å². The summed E-state index contributed by atoms with van der Waals surface area (Å²) < 4.78 is 28.0. The van der Waals surface area contributed by atoms with Crippen LogP contribution in [-0.4, -0.2) is 15.7 Å². The lowest BCUT2D eigenvalue weighted by molar-refractivity contribution is 0.102. The topological polar surface area (TPSA) is 46.9 Å². The van der Waals surface area contributed by atoms with Crippen LogP contribution >= 0.6 is 0 Å². The van der Waals surface area contributed by atoms with E-state index in [1.165, 1.54) is 6.07 Å². The van der Waals surface area contributed by atoms with Gasteiger partial charge in [-0.05, 0) is 36.4 Å². The van der Waals surface area contributed by atoms with Crippen LogP contribution in [0, 0.1) is 11.6 Å². The van der Waals surface area contributed by atoms with Crippen LogP contribution in [0.2, 0.25) is 0 Å². The molecule has 0 fully saturated rings. The van der Waals surface area contributed by atoms with Crippen molar-refractivity contribution in [2.75, 3.05) is 5.32 Å². The average molecular weight is 299 g/mol. The second kappa shape index (κ2) is 5.77. The van der Waals surface area contributed by atoms with Crippen molar-refractivity contribution in [3.8, 4) is 5.69 Å². The first kappa shape index (κ1) is 13.9. The third-order valence-corrected chi connectivity index (χ3v) is 3.06. The molecular weight excluding hydrogens is 288 g/mol. The lowest BCUT2D eigenvalue weighted by Crippen LogP contribution is -2.13. The van der Waals surface area contributed by atoms with E-state index in [2.05, 4.69) is 10.4 Å². The Bertz CT molecular complexity index is 816. The maximum absolute atomic E-state index is 13.6. The van der Waals surface area contributed by atoms with Crippen molar-refractivity contribution in [2.24, 2.45) is 0 Å². The van der Waals surface area contributed by atoms with Gasteiger partial charge in [0.05, 0.1) is 11.4 Å². The quantitative estimate of drug-likeness (QED) is 0.805.